The van der Waals surface area contributed by atoms with E-state index in [2.05, 4.69) is 36.0 Å². The lowest BCUT2D eigenvalue weighted by Gasteiger charge is -2.54. The number of nitrogens with one attached hydrogen (secondary N) is 1. The van der Waals surface area contributed by atoms with Crippen LogP contribution in [0.15, 0.2) is 48.7 Å². The summed E-state index contributed by atoms with van der Waals surface area (Å²) in [5, 5.41) is 25.1. The number of phenolic OH excluding ortho intramolecular Hbond substituents is 1. The third-order valence-corrected chi connectivity index (χ3v) is 17.5. The largest absolute Gasteiger partial charge is 0.508 e. The van der Waals surface area contributed by atoms with Crippen LogP contribution in [-0.4, -0.2) is 142 Å². The number of likely N-dealkylation sites (tertiary alicyclic amines) is 1. The number of amides is 3. The fraction of sp³-hybridized carbons (Fsp3) is 0.536. The number of piperazine rings is 1. The molecule has 2 saturated carbocycles. The Morgan fingerprint density at radius 2 is 1.66 bits per heavy atom. The number of pyridine rings is 1. The number of hydrogen-bond acceptors (Lipinski definition) is 13. The van der Waals surface area contributed by atoms with E-state index >= 15 is 8.78 Å². The minimum atomic E-state index is -0.696. The summed E-state index contributed by atoms with van der Waals surface area (Å²) in [6, 6.07) is 11.5. The van der Waals surface area contributed by atoms with Crippen LogP contribution in [-0.2, 0) is 22.6 Å². The number of anilines is 2. The van der Waals surface area contributed by atoms with Crippen LogP contribution in [0.2, 0.25) is 0 Å². The van der Waals surface area contributed by atoms with Gasteiger partial charge in [-0.3, -0.25) is 29.6 Å². The topological polar surface area (TPSA) is 168 Å². The molecule has 3 amide bonds. The number of carbonyl (C=O) groups is 3. The molecule has 4 saturated heterocycles. The van der Waals surface area contributed by atoms with E-state index in [1.54, 1.807) is 23.2 Å². The average molecular weight is 998 g/mol. The van der Waals surface area contributed by atoms with Crippen LogP contribution >= 0.6 is 0 Å². The lowest BCUT2D eigenvalue weighted by Crippen LogP contribution is -2.53. The number of fused-ring (bicyclic) bond motifs is 3. The van der Waals surface area contributed by atoms with E-state index in [4.69, 9.17) is 14.7 Å². The zero-order chi connectivity index (χ0) is 50.2. The summed E-state index contributed by atoms with van der Waals surface area (Å²) in [6.07, 6.45) is 11.1. The summed E-state index contributed by atoms with van der Waals surface area (Å²) in [4.78, 5) is 63.0. The Balaban J connectivity index is 0.659. The van der Waals surface area contributed by atoms with Crippen molar-refractivity contribution in [3.63, 3.8) is 0 Å². The molecule has 3 aromatic carbocycles. The van der Waals surface area contributed by atoms with Crippen molar-refractivity contribution in [1.82, 2.24) is 35.0 Å². The first-order valence-corrected chi connectivity index (χ1v) is 26.7. The van der Waals surface area contributed by atoms with E-state index in [-0.39, 0.29) is 58.1 Å². The lowest BCUT2D eigenvalue weighted by atomic mass is 9.57. The molecule has 384 valence electrons. The fourth-order valence-corrected chi connectivity index (χ4v) is 13.3. The van der Waals surface area contributed by atoms with Crippen LogP contribution in [0.25, 0.3) is 32.9 Å². The Kier molecular flexibility index (Phi) is 12.5. The van der Waals surface area contributed by atoms with Crippen molar-refractivity contribution in [2.45, 2.75) is 103 Å². The van der Waals surface area contributed by atoms with Crippen LogP contribution in [0.4, 0.5) is 20.3 Å². The van der Waals surface area contributed by atoms with Gasteiger partial charge in [0.15, 0.2) is 5.82 Å². The SMILES string of the molecule is CCc1c(F)ccc2cc(O)cc(-c3ncc4c(N5CCC[C@@H](O)CC5)nc(OCC5(CN6CCC7(CC6)CC(CN6CCN(c8ccc9c(c8)CN([C@H]8CCC(=O)NC8=O)C9=O)CC6)C7)CC5)nc4c3F)c12. The fourth-order valence-electron chi connectivity index (χ4n) is 13.3. The Labute approximate surface area is 423 Å². The van der Waals surface area contributed by atoms with Gasteiger partial charge < -0.3 is 34.5 Å². The van der Waals surface area contributed by atoms with Gasteiger partial charge in [0.25, 0.3) is 5.91 Å². The van der Waals surface area contributed by atoms with E-state index in [1.807, 2.05) is 19.1 Å². The molecule has 73 heavy (non-hydrogen) atoms. The van der Waals surface area contributed by atoms with Gasteiger partial charge in [0.05, 0.1) is 18.1 Å². The molecule has 0 radical (unpaired) electrons. The number of aliphatic hydroxyl groups is 1. The second-order valence-corrected chi connectivity index (χ2v) is 22.4. The van der Waals surface area contributed by atoms with Crippen molar-refractivity contribution in [1.29, 1.82) is 0 Å². The van der Waals surface area contributed by atoms with E-state index in [1.165, 1.54) is 37.8 Å². The smallest absolute Gasteiger partial charge is 0.319 e. The number of benzene rings is 3. The highest BCUT2D eigenvalue weighted by molar-refractivity contribution is 6.06. The molecule has 17 heteroatoms. The average Bonchev–Trinajstić information content (AvgIpc) is 4.12. The first-order valence-electron chi connectivity index (χ1n) is 26.7. The first-order chi connectivity index (χ1) is 35.3. The van der Waals surface area contributed by atoms with E-state index < -0.39 is 23.8 Å². The van der Waals surface area contributed by atoms with Gasteiger partial charge in [-0.25, -0.2) is 8.78 Å². The summed E-state index contributed by atoms with van der Waals surface area (Å²) in [5.41, 5.74) is 3.81. The summed E-state index contributed by atoms with van der Waals surface area (Å²) in [6.45, 7) is 11.9. The van der Waals surface area contributed by atoms with Gasteiger partial charge >= 0.3 is 6.01 Å². The molecule has 0 bridgehead atoms. The van der Waals surface area contributed by atoms with Gasteiger partial charge in [-0.05, 0) is 153 Å². The summed E-state index contributed by atoms with van der Waals surface area (Å²) >= 11 is 0. The molecule has 3 N–H and O–H groups in total. The second kappa shape index (κ2) is 19.0. The van der Waals surface area contributed by atoms with Crippen LogP contribution in [0.5, 0.6) is 11.8 Å². The number of aromatic hydroxyl groups is 1. The number of aromatic nitrogens is 3. The summed E-state index contributed by atoms with van der Waals surface area (Å²) in [5.74, 6) is -0.761. The standard InChI is InChI=1S/C56H65F2N9O6/c1-2-40-44(57)8-5-35-25-39(69)26-42(47(35)40)49-48(58)50-43(29-59-49)51(66-16-3-4-38(68)11-17-66)62-54(61-50)73-33-56(12-13-56)32-64-18-14-55(15-19-64)27-34(28-55)30-63-20-22-65(23-21-63)37-6-7-41-36(24-37)31-67(53(41)72)45-9-10-46(70)60-52(45)71/h5-8,24-26,29,34,38,45,68-69H,2-4,9-23,27-28,30-33H2,1H3,(H,60,70,71)/t38-,45+/m1/s1. The van der Waals surface area contributed by atoms with Gasteiger partial charge in [-0.2, -0.15) is 9.97 Å². The van der Waals surface area contributed by atoms with Crippen molar-refractivity contribution < 1.29 is 38.1 Å². The predicted octanol–water partition coefficient (Wildman–Crippen LogP) is 6.98. The molecular formula is C56H65F2N9O6. The molecular weight excluding hydrogens is 933 g/mol. The Morgan fingerprint density at radius 3 is 2.42 bits per heavy atom. The number of rotatable bonds is 12. The summed E-state index contributed by atoms with van der Waals surface area (Å²) < 4.78 is 38.9. The molecule has 7 aliphatic rings. The number of ether oxygens (including phenoxy) is 1. The molecule has 7 heterocycles. The third kappa shape index (κ3) is 9.23. The van der Waals surface area contributed by atoms with Crippen molar-refractivity contribution in [3.05, 3.63) is 77.0 Å². The second-order valence-electron chi connectivity index (χ2n) is 22.4. The molecule has 15 nitrogen and oxygen atoms in total. The normalized spacial score (nSPS) is 23.5. The maximum Gasteiger partial charge on any atom is 0.319 e. The minimum Gasteiger partial charge on any atom is -0.508 e. The molecule has 12 rings (SSSR count). The number of piperidine rings is 2. The van der Waals surface area contributed by atoms with Crippen molar-refractivity contribution in [3.8, 4) is 23.0 Å². The Hall–Kier alpha value is -6.04. The van der Waals surface area contributed by atoms with Crippen molar-refractivity contribution >= 4 is 50.9 Å². The lowest BCUT2D eigenvalue weighted by molar-refractivity contribution is -0.136. The van der Waals surface area contributed by atoms with E-state index in [0.717, 1.165) is 82.9 Å². The van der Waals surface area contributed by atoms with Crippen LogP contribution in [0.3, 0.4) is 0 Å². The van der Waals surface area contributed by atoms with Gasteiger partial charge in [0.2, 0.25) is 11.8 Å². The number of imide groups is 1. The molecule has 6 fully saturated rings. The van der Waals surface area contributed by atoms with Crippen molar-refractivity contribution in [2.24, 2.45) is 16.7 Å². The zero-order valence-electron chi connectivity index (χ0n) is 41.7. The molecule has 2 atom stereocenters. The van der Waals surface area contributed by atoms with Gasteiger partial charge in [-0.15, -0.1) is 0 Å². The molecule has 5 aromatic rings. The monoisotopic (exact) mass is 998 g/mol. The Bertz CT molecular complexity index is 3000. The zero-order valence-corrected chi connectivity index (χ0v) is 41.7. The first kappa shape index (κ1) is 47.9. The third-order valence-electron chi connectivity index (χ3n) is 17.5. The van der Waals surface area contributed by atoms with Crippen LogP contribution in [0, 0.1) is 28.4 Å². The molecule has 2 aliphatic carbocycles. The van der Waals surface area contributed by atoms with Crippen LogP contribution < -0.4 is 19.9 Å². The van der Waals surface area contributed by atoms with E-state index in [9.17, 15) is 24.6 Å². The van der Waals surface area contributed by atoms with Gasteiger partial charge in [0, 0.05) is 93.7 Å². The molecule has 2 aromatic heterocycles. The molecule has 5 aliphatic heterocycles. The maximum atomic E-state index is 17.2. The quantitative estimate of drug-likeness (QED) is 0.110. The summed E-state index contributed by atoms with van der Waals surface area (Å²) in [7, 11) is 0. The molecule has 1 spiro atoms. The number of halogens is 2. The van der Waals surface area contributed by atoms with Crippen LogP contribution in [0.1, 0.15) is 99.0 Å². The van der Waals surface area contributed by atoms with Gasteiger partial charge in [0.1, 0.15) is 34.6 Å². The number of hydrogen-bond donors (Lipinski definition) is 3. The highest BCUT2D eigenvalue weighted by Gasteiger charge is 2.50. The number of phenols is 1. The van der Waals surface area contributed by atoms with Crippen molar-refractivity contribution in [2.75, 3.05) is 81.9 Å². The Morgan fingerprint density at radius 1 is 0.849 bits per heavy atom. The predicted molar refractivity (Wildman–Crippen MR) is 272 cm³/mol. The highest BCUT2D eigenvalue weighted by Crippen LogP contribution is 2.54. The van der Waals surface area contributed by atoms with E-state index in [0.29, 0.717) is 96.4 Å². The number of carbonyl (C=O) groups excluding carboxylic acids is 3. The maximum absolute atomic E-state index is 17.2. The number of nitrogens with zero attached hydrogens (tertiary/aromatic N) is 8. The minimum absolute atomic E-state index is 0.0313. The number of aryl methyl sites for hydroxylation is 1. The van der Waals surface area contributed by atoms with Gasteiger partial charge in [-0.1, -0.05) is 13.0 Å². The molecule has 0 unspecified atom stereocenters. The highest BCUT2D eigenvalue weighted by atomic mass is 19.1. The number of aliphatic hydroxyl groups excluding tert-OH is 1.